The second-order valence-corrected chi connectivity index (χ2v) is 5.22. The minimum absolute atomic E-state index is 0.00602. The van der Waals surface area contributed by atoms with Gasteiger partial charge in [0.05, 0.1) is 16.9 Å². The van der Waals surface area contributed by atoms with Gasteiger partial charge in [0.25, 0.3) is 0 Å². The van der Waals surface area contributed by atoms with E-state index in [1.165, 1.54) is 11.3 Å². The number of thiophene rings is 1. The molecule has 0 fully saturated rings. The highest BCUT2D eigenvalue weighted by Crippen LogP contribution is 2.24. The Morgan fingerprint density at radius 1 is 1.33 bits per heavy atom. The maximum atomic E-state index is 11.9. The fourth-order valence-corrected chi connectivity index (χ4v) is 2.46. The summed E-state index contributed by atoms with van der Waals surface area (Å²) in [5.74, 6) is -0.414. The van der Waals surface area contributed by atoms with Crippen molar-refractivity contribution in [2.45, 2.75) is 12.3 Å². The lowest BCUT2D eigenvalue weighted by atomic mass is 9.95. The molecule has 1 unspecified atom stereocenters. The van der Waals surface area contributed by atoms with Crippen LogP contribution >= 0.6 is 22.9 Å². The minimum Gasteiger partial charge on any atom is -0.293 e. The molecule has 1 aromatic carbocycles. The summed E-state index contributed by atoms with van der Waals surface area (Å²) in [6.07, 6.45) is 0.207. The quantitative estimate of drug-likeness (QED) is 0.782. The van der Waals surface area contributed by atoms with Gasteiger partial charge in [-0.05, 0) is 29.1 Å². The van der Waals surface area contributed by atoms with E-state index in [0.29, 0.717) is 9.90 Å². The smallest absolute Gasteiger partial charge is 0.174 e. The lowest BCUT2D eigenvalue weighted by Gasteiger charge is -2.07. The molecule has 0 spiro atoms. The largest absolute Gasteiger partial charge is 0.293 e. The predicted molar refractivity (Wildman–Crippen MR) is 73.1 cm³/mol. The Kier molecular flexibility index (Phi) is 4.14. The lowest BCUT2D eigenvalue weighted by Crippen LogP contribution is -2.04. The zero-order valence-corrected chi connectivity index (χ0v) is 11.0. The van der Waals surface area contributed by atoms with E-state index in [0.717, 1.165) is 5.56 Å². The maximum absolute atomic E-state index is 11.9. The first-order valence-corrected chi connectivity index (χ1v) is 6.68. The van der Waals surface area contributed by atoms with Gasteiger partial charge in [-0.15, -0.1) is 11.3 Å². The van der Waals surface area contributed by atoms with E-state index < -0.39 is 5.92 Å². The molecule has 0 saturated carbocycles. The molecule has 0 N–H and O–H groups in total. The molecule has 90 valence electrons. The number of Topliss-reactive ketones (excluding diaryl/α,β-unsaturated/α-hetero) is 1. The van der Waals surface area contributed by atoms with Gasteiger partial charge in [0, 0.05) is 11.4 Å². The fourth-order valence-electron chi connectivity index (χ4n) is 1.66. The van der Waals surface area contributed by atoms with Crippen LogP contribution in [0.1, 0.15) is 27.6 Å². The first-order valence-electron chi connectivity index (χ1n) is 5.42. The predicted octanol–water partition coefficient (Wildman–Crippen LogP) is 4.28. The molecule has 2 rings (SSSR count). The van der Waals surface area contributed by atoms with Crippen molar-refractivity contribution in [1.29, 1.82) is 5.26 Å². The van der Waals surface area contributed by atoms with Crippen LogP contribution in [0.15, 0.2) is 41.8 Å². The number of halogens is 1. The minimum atomic E-state index is -0.420. The Morgan fingerprint density at radius 3 is 2.61 bits per heavy atom. The van der Waals surface area contributed by atoms with Crippen LogP contribution in [0.2, 0.25) is 5.02 Å². The summed E-state index contributed by atoms with van der Waals surface area (Å²) in [5, 5.41) is 11.6. The van der Waals surface area contributed by atoms with Crippen LogP contribution in [0, 0.1) is 11.3 Å². The summed E-state index contributed by atoms with van der Waals surface area (Å²) < 4.78 is 0. The van der Waals surface area contributed by atoms with E-state index in [-0.39, 0.29) is 12.2 Å². The Hall–Kier alpha value is -1.63. The van der Waals surface area contributed by atoms with E-state index >= 15 is 0 Å². The van der Waals surface area contributed by atoms with Crippen molar-refractivity contribution in [1.82, 2.24) is 0 Å². The van der Waals surface area contributed by atoms with Gasteiger partial charge in [-0.1, -0.05) is 29.8 Å². The number of carbonyl (C=O) groups is 1. The number of hydrogen-bond acceptors (Lipinski definition) is 3. The molecule has 0 amide bonds. The van der Waals surface area contributed by atoms with Gasteiger partial charge in [0.1, 0.15) is 0 Å². The van der Waals surface area contributed by atoms with E-state index in [4.69, 9.17) is 16.9 Å². The molecule has 2 aromatic rings. The molecular formula is C14H10ClNOS. The van der Waals surface area contributed by atoms with Crippen molar-refractivity contribution in [3.8, 4) is 6.07 Å². The van der Waals surface area contributed by atoms with E-state index in [2.05, 4.69) is 6.07 Å². The summed E-state index contributed by atoms with van der Waals surface area (Å²) in [6.45, 7) is 0. The molecule has 2 nitrogen and oxygen atoms in total. The molecule has 4 heteroatoms. The van der Waals surface area contributed by atoms with Crippen molar-refractivity contribution < 1.29 is 4.79 Å². The number of nitriles is 1. The zero-order valence-electron chi connectivity index (χ0n) is 9.47. The standard InChI is InChI=1S/C14H10ClNOS/c15-12-5-3-10(4-6-12)11(9-16)8-13(17)14-2-1-7-18-14/h1-7,11H,8H2. The summed E-state index contributed by atoms with van der Waals surface area (Å²) in [5.41, 5.74) is 0.826. The van der Waals surface area contributed by atoms with Crippen LogP contribution in [-0.4, -0.2) is 5.78 Å². The summed E-state index contributed by atoms with van der Waals surface area (Å²) in [6, 6.07) is 12.8. The Labute approximate surface area is 114 Å². The highest BCUT2D eigenvalue weighted by molar-refractivity contribution is 7.12. The Balaban J connectivity index is 2.13. The van der Waals surface area contributed by atoms with Crippen molar-refractivity contribution in [2.75, 3.05) is 0 Å². The molecule has 0 bridgehead atoms. The number of rotatable bonds is 4. The van der Waals surface area contributed by atoms with Crippen molar-refractivity contribution in [3.63, 3.8) is 0 Å². The topological polar surface area (TPSA) is 40.9 Å². The Bertz CT molecular complexity index is 569. The second kappa shape index (κ2) is 5.81. The SMILES string of the molecule is N#CC(CC(=O)c1cccs1)c1ccc(Cl)cc1. The fraction of sp³-hybridized carbons (Fsp3) is 0.143. The normalized spacial score (nSPS) is 11.8. The number of benzene rings is 1. The Morgan fingerprint density at radius 2 is 2.06 bits per heavy atom. The van der Waals surface area contributed by atoms with Gasteiger partial charge in [-0.2, -0.15) is 5.26 Å². The average Bonchev–Trinajstić information content (AvgIpc) is 2.91. The molecule has 1 atom stereocenters. The lowest BCUT2D eigenvalue weighted by molar-refractivity contribution is 0.0983. The van der Waals surface area contributed by atoms with Gasteiger partial charge in [-0.3, -0.25) is 4.79 Å². The first kappa shape index (κ1) is 12.8. The molecule has 1 aromatic heterocycles. The monoisotopic (exact) mass is 275 g/mol. The highest BCUT2D eigenvalue weighted by atomic mass is 35.5. The van der Waals surface area contributed by atoms with Crippen LogP contribution in [0.5, 0.6) is 0 Å². The molecule has 1 heterocycles. The van der Waals surface area contributed by atoms with Gasteiger partial charge < -0.3 is 0 Å². The highest BCUT2D eigenvalue weighted by Gasteiger charge is 2.17. The van der Waals surface area contributed by atoms with Gasteiger partial charge in [0.2, 0.25) is 0 Å². The zero-order chi connectivity index (χ0) is 13.0. The third kappa shape index (κ3) is 2.98. The van der Waals surface area contributed by atoms with Crippen LogP contribution in [0.3, 0.4) is 0 Å². The van der Waals surface area contributed by atoms with Crippen molar-refractivity contribution >= 4 is 28.7 Å². The van der Waals surface area contributed by atoms with E-state index in [9.17, 15) is 4.79 Å². The number of hydrogen-bond donors (Lipinski definition) is 0. The van der Waals surface area contributed by atoms with Crippen LogP contribution in [0.25, 0.3) is 0 Å². The van der Waals surface area contributed by atoms with Crippen LogP contribution in [0.4, 0.5) is 0 Å². The molecule has 18 heavy (non-hydrogen) atoms. The number of carbonyl (C=O) groups excluding carboxylic acids is 1. The molecule has 0 radical (unpaired) electrons. The van der Waals surface area contributed by atoms with Crippen molar-refractivity contribution in [3.05, 3.63) is 57.2 Å². The van der Waals surface area contributed by atoms with Gasteiger partial charge in [-0.25, -0.2) is 0 Å². The number of ketones is 1. The van der Waals surface area contributed by atoms with Crippen LogP contribution < -0.4 is 0 Å². The van der Waals surface area contributed by atoms with Crippen LogP contribution in [-0.2, 0) is 0 Å². The summed E-state index contributed by atoms with van der Waals surface area (Å²) in [7, 11) is 0. The molecular weight excluding hydrogens is 266 g/mol. The maximum Gasteiger partial charge on any atom is 0.174 e. The third-order valence-corrected chi connectivity index (χ3v) is 3.78. The second-order valence-electron chi connectivity index (χ2n) is 3.84. The summed E-state index contributed by atoms with van der Waals surface area (Å²) >= 11 is 7.20. The van der Waals surface area contributed by atoms with E-state index in [1.807, 2.05) is 11.4 Å². The average molecular weight is 276 g/mol. The number of nitrogens with zero attached hydrogens (tertiary/aromatic N) is 1. The first-order chi connectivity index (χ1) is 8.70. The molecule has 0 aliphatic carbocycles. The van der Waals surface area contributed by atoms with Gasteiger partial charge >= 0.3 is 0 Å². The molecule has 0 aliphatic heterocycles. The van der Waals surface area contributed by atoms with Gasteiger partial charge in [0.15, 0.2) is 5.78 Å². The molecule has 0 saturated heterocycles. The van der Waals surface area contributed by atoms with Crippen molar-refractivity contribution in [2.24, 2.45) is 0 Å². The third-order valence-electron chi connectivity index (χ3n) is 2.61. The molecule has 0 aliphatic rings. The van der Waals surface area contributed by atoms with E-state index in [1.54, 1.807) is 30.3 Å². The summed E-state index contributed by atoms with van der Waals surface area (Å²) in [4.78, 5) is 12.6.